The lowest BCUT2D eigenvalue weighted by Crippen LogP contribution is -2.32. The van der Waals surface area contributed by atoms with Crippen LogP contribution in [0.4, 0.5) is 0 Å². The minimum absolute atomic E-state index is 0.194. The first-order valence-corrected chi connectivity index (χ1v) is 6.52. The molecule has 0 bridgehead atoms. The molecule has 6 nitrogen and oxygen atoms in total. The lowest BCUT2D eigenvalue weighted by Gasteiger charge is -2.23. The van der Waals surface area contributed by atoms with Gasteiger partial charge in [-0.25, -0.2) is 4.98 Å². The first kappa shape index (κ1) is 13.7. The zero-order chi connectivity index (χ0) is 14.0. The second kappa shape index (κ2) is 5.52. The minimum atomic E-state index is 0.194. The molecule has 2 aromatic rings. The second-order valence-corrected chi connectivity index (χ2v) is 5.19. The summed E-state index contributed by atoms with van der Waals surface area (Å²) < 4.78 is 7.32. The third kappa shape index (κ3) is 2.68. The van der Waals surface area contributed by atoms with E-state index in [0.717, 1.165) is 5.69 Å². The van der Waals surface area contributed by atoms with E-state index in [1.165, 1.54) is 0 Å². The van der Waals surface area contributed by atoms with E-state index in [1.54, 1.807) is 12.5 Å². The summed E-state index contributed by atoms with van der Waals surface area (Å²) in [5.41, 5.74) is 0.856. The average Bonchev–Trinajstić information content (AvgIpc) is 2.97. The summed E-state index contributed by atoms with van der Waals surface area (Å²) >= 11 is 0. The molecule has 0 aliphatic carbocycles. The van der Waals surface area contributed by atoms with Crippen LogP contribution in [0, 0.1) is 5.92 Å². The van der Waals surface area contributed by atoms with Crippen molar-refractivity contribution >= 4 is 0 Å². The van der Waals surface area contributed by atoms with Gasteiger partial charge in [0, 0.05) is 13.1 Å². The SMILES string of the molecule is CNC(C)C(c1nc(-c2cncn2C)no1)C(C)C. The van der Waals surface area contributed by atoms with Gasteiger partial charge in [0.25, 0.3) is 0 Å². The molecular weight excluding hydrogens is 242 g/mol. The van der Waals surface area contributed by atoms with Gasteiger partial charge >= 0.3 is 0 Å². The van der Waals surface area contributed by atoms with Crippen LogP contribution >= 0.6 is 0 Å². The number of aryl methyl sites for hydroxylation is 1. The fourth-order valence-corrected chi connectivity index (χ4v) is 2.30. The van der Waals surface area contributed by atoms with Crippen molar-refractivity contribution < 1.29 is 4.52 Å². The Morgan fingerprint density at radius 3 is 2.58 bits per heavy atom. The first-order chi connectivity index (χ1) is 9.04. The van der Waals surface area contributed by atoms with Crippen LogP contribution in [0.5, 0.6) is 0 Å². The van der Waals surface area contributed by atoms with Gasteiger partial charge in [0.2, 0.25) is 11.7 Å². The van der Waals surface area contributed by atoms with Gasteiger partial charge in [0.15, 0.2) is 0 Å². The summed E-state index contributed by atoms with van der Waals surface area (Å²) in [6.07, 6.45) is 3.46. The summed E-state index contributed by atoms with van der Waals surface area (Å²) in [5.74, 6) is 1.87. The maximum absolute atomic E-state index is 5.45. The fourth-order valence-electron chi connectivity index (χ4n) is 2.30. The van der Waals surface area contributed by atoms with Crippen LogP contribution in [0.1, 0.15) is 32.6 Å². The van der Waals surface area contributed by atoms with E-state index in [1.807, 2.05) is 18.7 Å². The van der Waals surface area contributed by atoms with E-state index in [0.29, 0.717) is 17.6 Å². The van der Waals surface area contributed by atoms with Gasteiger partial charge < -0.3 is 14.4 Å². The Hall–Kier alpha value is -1.69. The molecule has 0 spiro atoms. The molecule has 6 heteroatoms. The van der Waals surface area contributed by atoms with E-state index < -0.39 is 0 Å². The number of imidazole rings is 1. The third-order valence-electron chi connectivity index (χ3n) is 3.48. The van der Waals surface area contributed by atoms with Crippen molar-refractivity contribution in [3.8, 4) is 11.5 Å². The number of nitrogens with zero attached hydrogens (tertiary/aromatic N) is 4. The molecule has 2 heterocycles. The van der Waals surface area contributed by atoms with Gasteiger partial charge in [-0.1, -0.05) is 19.0 Å². The summed E-state index contributed by atoms with van der Waals surface area (Å²) in [5, 5.41) is 7.32. The highest BCUT2D eigenvalue weighted by atomic mass is 16.5. The number of rotatable bonds is 5. The summed E-state index contributed by atoms with van der Waals surface area (Å²) in [6, 6.07) is 0.278. The predicted octanol–water partition coefficient (Wildman–Crippen LogP) is 1.82. The van der Waals surface area contributed by atoms with Crippen molar-refractivity contribution in [1.82, 2.24) is 25.0 Å². The topological polar surface area (TPSA) is 68.8 Å². The normalized spacial score (nSPS) is 14.8. The minimum Gasteiger partial charge on any atom is -0.339 e. The highest BCUT2D eigenvalue weighted by Crippen LogP contribution is 2.28. The van der Waals surface area contributed by atoms with Gasteiger partial charge in [-0.3, -0.25) is 0 Å². The van der Waals surface area contributed by atoms with Crippen LogP contribution in [-0.4, -0.2) is 32.8 Å². The maximum Gasteiger partial charge on any atom is 0.231 e. The van der Waals surface area contributed by atoms with Crippen molar-refractivity contribution in [3.05, 3.63) is 18.4 Å². The van der Waals surface area contributed by atoms with Crippen molar-refractivity contribution in [1.29, 1.82) is 0 Å². The summed E-state index contributed by atoms with van der Waals surface area (Å²) in [4.78, 5) is 8.59. The zero-order valence-electron chi connectivity index (χ0n) is 12.1. The molecule has 0 aromatic carbocycles. The molecule has 1 N–H and O–H groups in total. The Morgan fingerprint density at radius 1 is 1.32 bits per heavy atom. The van der Waals surface area contributed by atoms with Crippen molar-refractivity contribution in [2.75, 3.05) is 7.05 Å². The van der Waals surface area contributed by atoms with E-state index in [4.69, 9.17) is 4.52 Å². The van der Waals surface area contributed by atoms with E-state index in [2.05, 4.69) is 41.2 Å². The quantitative estimate of drug-likeness (QED) is 0.891. The van der Waals surface area contributed by atoms with Crippen molar-refractivity contribution in [3.63, 3.8) is 0 Å². The molecule has 104 valence electrons. The number of aromatic nitrogens is 4. The van der Waals surface area contributed by atoms with Crippen LogP contribution in [0.15, 0.2) is 17.0 Å². The van der Waals surface area contributed by atoms with Crippen LogP contribution in [0.25, 0.3) is 11.5 Å². The van der Waals surface area contributed by atoms with E-state index >= 15 is 0 Å². The van der Waals surface area contributed by atoms with Crippen LogP contribution in [-0.2, 0) is 7.05 Å². The molecule has 2 rings (SSSR count). The largest absolute Gasteiger partial charge is 0.339 e. The van der Waals surface area contributed by atoms with Gasteiger partial charge in [0.1, 0.15) is 5.69 Å². The second-order valence-electron chi connectivity index (χ2n) is 5.19. The maximum atomic E-state index is 5.45. The van der Waals surface area contributed by atoms with E-state index in [9.17, 15) is 0 Å². The molecule has 0 saturated carbocycles. The fraction of sp³-hybridized carbons (Fsp3) is 0.615. The Kier molecular flexibility index (Phi) is 3.99. The molecule has 0 radical (unpaired) electrons. The van der Waals surface area contributed by atoms with E-state index in [-0.39, 0.29) is 12.0 Å². The molecule has 2 atom stereocenters. The first-order valence-electron chi connectivity index (χ1n) is 6.52. The zero-order valence-corrected chi connectivity index (χ0v) is 12.1. The van der Waals surface area contributed by atoms with Gasteiger partial charge in [-0.15, -0.1) is 0 Å². The number of nitrogens with one attached hydrogen (secondary N) is 1. The van der Waals surface area contributed by atoms with Crippen LogP contribution < -0.4 is 5.32 Å². The summed E-state index contributed by atoms with van der Waals surface area (Å²) in [6.45, 7) is 6.44. The molecule has 0 aliphatic heterocycles. The molecule has 2 unspecified atom stereocenters. The van der Waals surface area contributed by atoms with Crippen molar-refractivity contribution in [2.24, 2.45) is 13.0 Å². The molecule has 19 heavy (non-hydrogen) atoms. The number of hydrogen-bond donors (Lipinski definition) is 1. The number of likely N-dealkylation sites (N-methyl/N-ethyl adjacent to an activating group) is 1. The third-order valence-corrected chi connectivity index (χ3v) is 3.48. The molecule has 2 aromatic heterocycles. The highest BCUT2D eigenvalue weighted by molar-refractivity contribution is 5.47. The number of hydrogen-bond acceptors (Lipinski definition) is 5. The van der Waals surface area contributed by atoms with Gasteiger partial charge in [-0.2, -0.15) is 4.98 Å². The smallest absolute Gasteiger partial charge is 0.231 e. The Bertz CT molecular complexity index is 531. The highest BCUT2D eigenvalue weighted by Gasteiger charge is 2.28. The average molecular weight is 263 g/mol. The molecule has 0 fully saturated rings. The standard InChI is InChI=1S/C13H21N5O/c1-8(2)11(9(3)14-4)13-16-12(17-19-13)10-6-15-7-18(10)5/h6-9,11,14H,1-5H3. The van der Waals surface area contributed by atoms with Crippen LogP contribution in [0.2, 0.25) is 0 Å². The van der Waals surface area contributed by atoms with Gasteiger partial charge in [-0.05, 0) is 19.9 Å². The lowest BCUT2D eigenvalue weighted by molar-refractivity contribution is 0.286. The molecule has 0 aliphatic rings. The lowest BCUT2D eigenvalue weighted by atomic mass is 9.89. The Labute approximate surface area is 113 Å². The van der Waals surface area contributed by atoms with Crippen LogP contribution in [0.3, 0.4) is 0 Å². The van der Waals surface area contributed by atoms with Gasteiger partial charge in [0.05, 0.1) is 18.4 Å². The molecule has 0 amide bonds. The monoisotopic (exact) mass is 263 g/mol. The Morgan fingerprint density at radius 2 is 2.05 bits per heavy atom. The van der Waals surface area contributed by atoms with Crippen molar-refractivity contribution in [2.45, 2.75) is 32.7 Å². The molecular formula is C13H21N5O. The summed E-state index contributed by atoms with van der Waals surface area (Å²) in [7, 11) is 3.85. The Balaban J connectivity index is 2.31. The predicted molar refractivity (Wildman–Crippen MR) is 72.6 cm³/mol. The molecule has 0 saturated heterocycles.